The number of ether oxygens (including phenoxy) is 2. The number of halogens is 2. The Morgan fingerprint density at radius 1 is 1.12 bits per heavy atom. The van der Waals surface area contributed by atoms with Gasteiger partial charge in [0.1, 0.15) is 27.4 Å². The number of hydrogen-bond donors (Lipinski definition) is 0. The van der Waals surface area contributed by atoms with Crippen LogP contribution in [-0.2, 0) is 10.0 Å². The van der Waals surface area contributed by atoms with Gasteiger partial charge in [0, 0.05) is 11.1 Å². The van der Waals surface area contributed by atoms with E-state index in [0.717, 1.165) is 4.09 Å². The lowest BCUT2D eigenvalue weighted by Gasteiger charge is -2.12. The lowest BCUT2D eigenvalue weighted by molar-refractivity contribution is 0.390. The van der Waals surface area contributed by atoms with E-state index in [1.54, 1.807) is 6.07 Å². The van der Waals surface area contributed by atoms with Crippen LogP contribution >= 0.6 is 27.5 Å². The average Bonchev–Trinajstić information content (AvgIpc) is 2.97. The molecule has 0 spiro atoms. The Balaban J connectivity index is 2.27. The van der Waals surface area contributed by atoms with Gasteiger partial charge >= 0.3 is 0 Å². The number of hydrogen-bond acceptors (Lipinski definition) is 6. The third-order valence-corrected chi connectivity index (χ3v) is 5.78. The van der Waals surface area contributed by atoms with Crippen LogP contribution in [0.15, 0.2) is 39.7 Å². The number of aromatic nitrogens is 3. The summed E-state index contributed by atoms with van der Waals surface area (Å²) in [6.45, 7) is 0. The summed E-state index contributed by atoms with van der Waals surface area (Å²) < 4.78 is 37.8. The first-order valence-electron chi connectivity index (χ1n) is 6.56. The van der Waals surface area contributed by atoms with E-state index in [0.29, 0.717) is 26.3 Å². The fourth-order valence-electron chi connectivity index (χ4n) is 2.18. The standard InChI is InChI=1S/C14H11BrClN3O4S/c1-22-12-7-14(13(23-2)6-9(12)15)24(20,21)19-11-4-3-8(16)5-10(11)17-18-19/h3-7H,1-2H3. The van der Waals surface area contributed by atoms with Crippen LogP contribution in [0, 0.1) is 0 Å². The van der Waals surface area contributed by atoms with Gasteiger partial charge in [-0.2, -0.15) is 8.42 Å². The molecule has 1 aromatic heterocycles. The molecule has 0 unspecified atom stereocenters. The fourth-order valence-corrected chi connectivity index (χ4v) is 4.22. The molecule has 10 heteroatoms. The maximum Gasteiger partial charge on any atom is 0.288 e. The molecular formula is C14H11BrClN3O4S. The molecular weight excluding hydrogens is 422 g/mol. The SMILES string of the molecule is COc1cc(S(=O)(=O)n2nnc3cc(Cl)ccc32)c(OC)cc1Br. The van der Waals surface area contributed by atoms with Crippen molar-refractivity contribution in [3.8, 4) is 11.5 Å². The molecule has 126 valence electrons. The Bertz CT molecular complexity index is 1040. The summed E-state index contributed by atoms with van der Waals surface area (Å²) in [5.41, 5.74) is 0.678. The third kappa shape index (κ3) is 2.72. The third-order valence-electron chi connectivity index (χ3n) is 3.32. The predicted molar refractivity (Wildman–Crippen MR) is 92.4 cm³/mol. The van der Waals surface area contributed by atoms with Crippen molar-refractivity contribution in [1.82, 2.24) is 14.4 Å². The molecule has 0 amide bonds. The van der Waals surface area contributed by atoms with Crippen LogP contribution < -0.4 is 9.47 Å². The fraction of sp³-hybridized carbons (Fsp3) is 0.143. The second kappa shape index (κ2) is 6.23. The van der Waals surface area contributed by atoms with Crippen molar-refractivity contribution in [3.05, 3.63) is 39.8 Å². The van der Waals surface area contributed by atoms with E-state index < -0.39 is 10.0 Å². The van der Waals surface area contributed by atoms with Crippen LogP contribution in [-0.4, -0.2) is 37.0 Å². The van der Waals surface area contributed by atoms with Crippen LogP contribution in [0.2, 0.25) is 5.02 Å². The number of nitrogens with zero attached hydrogens (tertiary/aromatic N) is 3. The quantitative estimate of drug-likeness (QED) is 0.630. The van der Waals surface area contributed by atoms with E-state index in [-0.39, 0.29) is 10.6 Å². The Kier molecular flexibility index (Phi) is 4.41. The van der Waals surface area contributed by atoms with Crippen LogP contribution in [0.1, 0.15) is 0 Å². The highest BCUT2D eigenvalue weighted by Crippen LogP contribution is 2.36. The molecule has 0 aliphatic rings. The van der Waals surface area contributed by atoms with E-state index in [1.807, 2.05) is 0 Å². The molecule has 0 N–H and O–H groups in total. The lowest BCUT2D eigenvalue weighted by Crippen LogP contribution is -2.16. The highest BCUT2D eigenvalue weighted by Gasteiger charge is 2.27. The van der Waals surface area contributed by atoms with Gasteiger partial charge in [-0.05, 0) is 40.2 Å². The molecule has 3 rings (SSSR count). The first kappa shape index (κ1) is 17.0. The Morgan fingerprint density at radius 3 is 2.50 bits per heavy atom. The molecule has 0 aliphatic heterocycles. The molecule has 0 saturated carbocycles. The van der Waals surface area contributed by atoms with Gasteiger partial charge in [0.25, 0.3) is 10.0 Å². The molecule has 0 radical (unpaired) electrons. The first-order valence-corrected chi connectivity index (χ1v) is 9.17. The normalized spacial score (nSPS) is 11.7. The minimum atomic E-state index is -4.05. The number of benzene rings is 2. The monoisotopic (exact) mass is 431 g/mol. The largest absolute Gasteiger partial charge is 0.496 e. The van der Waals surface area contributed by atoms with Crippen molar-refractivity contribution < 1.29 is 17.9 Å². The van der Waals surface area contributed by atoms with E-state index >= 15 is 0 Å². The summed E-state index contributed by atoms with van der Waals surface area (Å²) in [6.07, 6.45) is 0. The zero-order valence-electron chi connectivity index (χ0n) is 12.5. The maximum atomic E-state index is 13.0. The van der Waals surface area contributed by atoms with Crippen molar-refractivity contribution in [2.45, 2.75) is 4.90 Å². The second-order valence-corrected chi connectivity index (χ2v) is 7.73. The number of rotatable bonds is 4. The van der Waals surface area contributed by atoms with Crippen molar-refractivity contribution in [3.63, 3.8) is 0 Å². The zero-order valence-corrected chi connectivity index (χ0v) is 15.7. The Labute approximate surface area is 151 Å². The molecule has 0 aliphatic carbocycles. The predicted octanol–water partition coefficient (Wildman–Crippen LogP) is 3.10. The summed E-state index contributed by atoms with van der Waals surface area (Å²) in [5.74, 6) is 0.502. The van der Waals surface area contributed by atoms with Gasteiger partial charge < -0.3 is 9.47 Å². The van der Waals surface area contributed by atoms with Crippen molar-refractivity contribution in [2.24, 2.45) is 0 Å². The maximum absolute atomic E-state index is 13.0. The van der Waals surface area contributed by atoms with Gasteiger partial charge in [-0.15, -0.1) is 9.19 Å². The van der Waals surface area contributed by atoms with Gasteiger partial charge in [-0.3, -0.25) is 0 Å². The molecule has 2 aromatic carbocycles. The van der Waals surface area contributed by atoms with Gasteiger partial charge in [0.05, 0.1) is 18.7 Å². The van der Waals surface area contributed by atoms with Crippen LogP contribution in [0.3, 0.4) is 0 Å². The van der Waals surface area contributed by atoms with Crippen molar-refractivity contribution >= 4 is 48.6 Å². The van der Waals surface area contributed by atoms with Crippen LogP contribution in [0.25, 0.3) is 11.0 Å². The smallest absolute Gasteiger partial charge is 0.288 e. The van der Waals surface area contributed by atoms with Crippen molar-refractivity contribution in [1.29, 1.82) is 0 Å². The molecule has 24 heavy (non-hydrogen) atoms. The van der Waals surface area contributed by atoms with Crippen LogP contribution in [0.5, 0.6) is 11.5 Å². The van der Waals surface area contributed by atoms with Gasteiger partial charge in [-0.1, -0.05) is 16.8 Å². The molecule has 0 bridgehead atoms. The molecule has 0 fully saturated rings. The molecule has 0 atom stereocenters. The van der Waals surface area contributed by atoms with Gasteiger partial charge in [0.2, 0.25) is 0 Å². The van der Waals surface area contributed by atoms with E-state index in [4.69, 9.17) is 21.1 Å². The van der Waals surface area contributed by atoms with Crippen LogP contribution in [0.4, 0.5) is 0 Å². The highest BCUT2D eigenvalue weighted by molar-refractivity contribution is 9.10. The molecule has 7 nitrogen and oxygen atoms in total. The number of methoxy groups -OCH3 is 2. The van der Waals surface area contributed by atoms with E-state index in [9.17, 15) is 8.42 Å². The molecule has 1 heterocycles. The minimum Gasteiger partial charge on any atom is -0.496 e. The van der Waals surface area contributed by atoms with Crippen molar-refractivity contribution in [2.75, 3.05) is 14.2 Å². The molecule has 3 aromatic rings. The topological polar surface area (TPSA) is 83.3 Å². The van der Waals surface area contributed by atoms with E-state index in [2.05, 4.69) is 26.2 Å². The Hall–Kier alpha value is -1.84. The summed E-state index contributed by atoms with van der Waals surface area (Å²) in [4.78, 5) is -0.0909. The molecule has 0 saturated heterocycles. The highest BCUT2D eigenvalue weighted by atomic mass is 79.9. The van der Waals surface area contributed by atoms with Gasteiger partial charge in [-0.25, -0.2) is 0 Å². The average molecular weight is 433 g/mol. The first-order chi connectivity index (χ1) is 11.4. The zero-order chi connectivity index (χ0) is 17.5. The Morgan fingerprint density at radius 2 is 1.83 bits per heavy atom. The summed E-state index contributed by atoms with van der Waals surface area (Å²) >= 11 is 9.19. The summed E-state index contributed by atoms with van der Waals surface area (Å²) in [5, 5.41) is 8.04. The van der Waals surface area contributed by atoms with Gasteiger partial charge in [0.15, 0.2) is 0 Å². The lowest BCUT2D eigenvalue weighted by atomic mass is 10.3. The second-order valence-electron chi connectivity index (χ2n) is 4.71. The summed E-state index contributed by atoms with van der Waals surface area (Å²) in [6, 6.07) is 7.52. The van der Waals surface area contributed by atoms with E-state index in [1.165, 1.54) is 38.5 Å². The minimum absolute atomic E-state index is 0.0909. The number of fused-ring (bicyclic) bond motifs is 1. The summed E-state index contributed by atoms with van der Waals surface area (Å²) in [7, 11) is -1.23.